The van der Waals surface area contributed by atoms with Gasteiger partial charge in [-0.15, -0.1) is 0 Å². The molecule has 2 heterocycles. The zero-order chi connectivity index (χ0) is 25.7. The number of amides is 1. The van der Waals surface area contributed by atoms with Gasteiger partial charge >= 0.3 is 5.97 Å². The van der Waals surface area contributed by atoms with Crippen molar-refractivity contribution in [3.63, 3.8) is 0 Å². The van der Waals surface area contributed by atoms with Gasteiger partial charge in [0.05, 0.1) is 24.3 Å². The highest BCUT2D eigenvalue weighted by Gasteiger charge is 2.46. The molecule has 0 saturated carbocycles. The van der Waals surface area contributed by atoms with E-state index in [2.05, 4.69) is 11.6 Å². The topological polar surface area (TPSA) is 106 Å². The molecule has 1 N–H and O–H groups in total. The van der Waals surface area contributed by atoms with Gasteiger partial charge in [-0.2, -0.15) is 0 Å². The van der Waals surface area contributed by atoms with Crippen LogP contribution in [0, 0.1) is 0 Å². The van der Waals surface area contributed by atoms with Crippen LogP contribution in [0.2, 0.25) is 0 Å². The molecule has 36 heavy (non-hydrogen) atoms. The molecule has 1 fully saturated rings. The minimum atomic E-state index is -0.881. The van der Waals surface area contributed by atoms with Gasteiger partial charge in [0.2, 0.25) is 0 Å². The maximum atomic E-state index is 13.2. The molecule has 4 rings (SSSR count). The number of methoxy groups -OCH3 is 1. The number of rotatable bonds is 8. The highest BCUT2D eigenvalue weighted by atomic mass is 16.5. The number of carbonyl (C=O) groups excluding carboxylic acids is 3. The van der Waals surface area contributed by atoms with Gasteiger partial charge < -0.3 is 19.5 Å². The van der Waals surface area contributed by atoms with Crippen molar-refractivity contribution in [3.8, 4) is 5.75 Å². The average molecular weight is 485 g/mol. The van der Waals surface area contributed by atoms with Crippen molar-refractivity contribution in [1.29, 1.82) is 0 Å². The number of esters is 1. The molecule has 182 valence electrons. The first-order valence-corrected chi connectivity index (χ1v) is 11.1. The van der Waals surface area contributed by atoms with Crippen LogP contribution in [0.5, 0.6) is 5.75 Å². The van der Waals surface area contributed by atoms with Crippen LogP contribution < -0.4 is 4.74 Å². The first-order chi connectivity index (χ1) is 17.4. The minimum absolute atomic E-state index is 0.0468. The van der Waals surface area contributed by atoms with Crippen LogP contribution in [0.4, 0.5) is 0 Å². The summed E-state index contributed by atoms with van der Waals surface area (Å²) in [6, 6.07) is 15.6. The lowest BCUT2D eigenvalue weighted by atomic mass is 9.94. The van der Waals surface area contributed by atoms with Gasteiger partial charge in [0.25, 0.3) is 11.7 Å². The number of aromatic nitrogens is 1. The first-order valence-electron chi connectivity index (χ1n) is 11.1. The van der Waals surface area contributed by atoms with Gasteiger partial charge in [-0.25, -0.2) is 4.79 Å². The molecule has 8 nitrogen and oxygen atoms in total. The van der Waals surface area contributed by atoms with Gasteiger partial charge in [-0.3, -0.25) is 14.6 Å². The van der Waals surface area contributed by atoms with Crippen LogP contribution in [-0.2, 0) is 20.9 Å². The molecule has 3 aromatic rings. The molecular weight excluding hydrogens is 460 g/mol. The molecule has 1 aliphatic rings. The summed E-state index contributed by atoms with van der Waals surface area (Å²) in [5.74, 6) is -1.79. The van der Waals surface area contributed by atoms with Crippen LogP contribution in [-0.4, -0.2) is 46.4 Å². The summed E-state index contributed by atoms with van der Waals surface area (Å²) >= 11 is 0. The lowest BCUT2D eigenvalue weighted by Crippen LogP contribution is -2.29. The van der Waals surface area contributed by atoms with Crippen molar-refractivity contribution in [2.45, 2.75) is 12.6 Å². The minimum Gasteiger partial charge on any atom is -0.507 e. The predicted molar refractivity (Wildman–Crippen MR) is 132 cm³/mol. The molecule has 0 aliphatic carbocycles. The second kappa shape index (κ2) is 10.7. The standard InChI is InChI=1S/C28H24N2O6/c1-3-15-36-22-12-10-20(11-13-22)25(31)23-24(19-6-8-21(9-7-19)28(34)35-2)30(27(33)26(23)32)17-18-5-4-14-29-16-18/h3-14,16,24,31H,1,15,17H2,2H3. The van der Waals surface area contributed by atoms with E-state index in [1.54, 1.807) is 79.1 Å². The first kappa shape index (κ1) is 24.4. The van der Waals surface area contributed by atoms with E-state index in [0.717, 1.165) is 5.56 Å². The summed E-state index contributed by atoms with van der Waals surface area (Å²) in [7, 11) is 1.28. The van der Waals surface area contributed by atoms with Crippen molar-refractivity contribution in [1.82, 2.24) is 9.88 Å². The maximum Gasteiger partial charge on any atom is 0.337 e. The molecule has 0 radical (unpaired) electrons. The van der Waals surface area contributed by atoms with Gasteiger partial charge in [0.1, 0.15) is 18.1 Å². The number of likely N-dealkylation sites (tertiary alicyclic amines) is 1. The van der Waals surface area contributed by atoms with E-state index in [0.29, 0.717) is 29.0 Å². The van der Waals surface area contributed by atoms with Crippen molar-refractivity contribution >= 4 is 23.4 Å². The highest BCUT2D eigenvalue weighted by Crippen LogP contribution is 2.40. The van der Waals surface area contributed by atoms with E-state index in [1.807, 2.05) is 0 Å². The van der Waals surface area contributed by atoms with Crippen LogP contribution >= 0.6 is 0 Å². The van der Waals surface area contributed by atoms with Crippen molar-refractivity contribution in [2.24, 2.45) is 0 Å². The summed E-state index contributed by atoms with van der Waals surface area (Å²) in [5.41, 5.74) is 1.91. The zero-order valence-electron chi connectivity index (χ0n) is 19.6. The summed E-state index contributed by atoms with van der Waals surface area (Å²) in [4.78, 5) is 43.7. The van der Waals surface area contributed by atoms with E-state index in [4.69, 9.17) is 9.47 Å². The smallest absolute Gasteiger partial charge is 0.337 e. The number of Topliss-reactive ketones (excluding diaryl/α,β-unsaturated/α-hetero) is 1. The molecule has 1 aromatic heterocycles. The van der Waals surface area contributed by atoms with E-state index in [9.17, 15) is 19.5 Å². The fourth-order valence-corrected chi connectivity index (χ4v) is 4.02. The number of hydrogen-bond acceptors (Lipinski definition) is 7. The second-order valence-electron chi connectivity index (χ2n) is 8.03. The molecule has 2 aromatic carbocycles. The third kappa shape index (κ3) is 4.88. The molecular formula is C28H24N2O6. The molecule has 1 aliphatic heterocycles. The predicted octanol–water partition coefficient (Wildman–Crippen LogP) is 4.05. The molecule has 0 spiro atoms. The third-order valence-corrected chi connectivity index (χ3v) is 5.76. The van der Waals surface area contributed by atoms with Gasteiger partial charge in [0, 0.05) is 24.5 Å². The van der Waals surface area contributed by atoms with E-state index in [1.165, 1.54) is 12.0 Å². The van der Waals surface area contributed by atoms with Gasteiger partial charge in [0.15, 0.2) is 0 Å². The lowest BCUT2D eigenvalue weighted by molar-refractivity contribution is -0.140. The van der Waals surface area contributed by atoms with Crippen molar-refractivity contribution in [2.75, 3.05) is 13.7 Å². The monoisotopic (exact) mass is 484 g/mol. The Hall–Kier alpha value is -4.72. The Morgan fingerprint density at radius 1 is 1.08 bits per heavy atom. The number of carbonyl (C=O) groups is 3. The number of pyridine rings is 1. The molecule has 1 atom stereocenters. The van der Waals surface area contributed by atoms with Gasteiger partial charge in [-0.1, -0.05) is 30.9 Å². The number of nitrogens with zero attached hydrogens (tertiary/aromatic N) is 2. The van der Waals surface area contributed by atoms with Crippen LogP contribution in [0.3, 0.4) is 0 Å². The Labute approximate surface area is 208 Å². The Kier molecular flexibility index (Phi) is 7.25. The number of aliphatic hydroxyl groups is 1. The summed E-state index contributed by atoms with van der Waals surface area (Å²) in [5, 5.41) is 11.2. The highest BCUT2D eigenvalue weighted by molar-refractivity contribution is 6.46. The molecule has 1 saturated heterocycles. The number of benzene rings is 2. The molecule has 0 bridgehead atoms. The summed E-state index contributed by atoms with van der Waals surface area (Å²) < 4.78 is 10.2. The maximum absolute atomic E-state index is 13.2. The largest absolute Gasteiger partial charge is 0.507 e. The van der Waals surface area contributed by atoms with Crippen molar-refractivity contribution in [3.05, 3.63) is 114 Å². The van der Waals surface area contributed by atoms with E-state index in [-0.39, 0.29) is 17.9 Å². The lowest BCUT2D eigenvalue weighted by Gasteiger charge is -2.25. The number of hydrogen-bond donors (Lipinski definition) is 1. The Bertz CT molecular complexity index is 1310. The molecule has 8 heteroatoms. The normalized spacial score (nSPS) is 16.6. The fourth-order valence-electron chi connectivity index (χ4n) is 4.02. The zero-order valence-corrected chi connectivity index (χ0v) is 19.6. The molecule has 1 unspecified atom stereocenters. The van der Waals surface area contributed by atoms with Crippen molar-refractivity contribution < 1.29 is 29.0 Å². The Balaban J connectivity index is 1.79. The van der Waals surface area contributed by atoms with E-state index >= 15 is 0 Å². The third-order valence-electron chi connectivity index (χ3n) is 5.76. The number of aliphatic hydroxyl groups excluding tert-OH is 1. The fraction of sp³-hybridized carbons (Fsp3) is 0.143. The second-order valence-corrected chi connectivity index (χ2v) is 8.03. The Morgan fingerprint density at radius 3 is 2.39 bits per heavy atom. The van der Waals surface area contributed by atoms with Crippen LogP contribution in [0.1, 0.15) is 33.1 Å². The van der Waals surface area contributed by atoms with Crippen LogP contribution in [0.15, 0.2) is 91.3 Å². The number of ether oxygens (including phenoxy) is 2. The Morgan fingerprint density at radius 2 is 1.78 bits per heavy atom. The summed E-state index contributed by atoms with van der Waals surface area (Å²) in [6.07, 6.45) is 4.84. The summed E-state index contributed by atoms with van der Waals surface area (Å²) in [6.45, 7) is 4.04. The SMILES string of the molecule is C=CCOc1ccc(C(O)=C2C(=O)C(=O)N(Cc3cccnc3)C2c2ccc(C(=O)OC)cc2)cc1. The average Bonchev–Trinajstić information content (AvgIpc) is 3.17. The molecule has 1 amide bonds. The van der Waals surface area contributed by atoms with Gasteiger partial charge in [-0.05, 0) is 53.6 Å². The van der Waals surface area contributed by atoms with Crippen LogP contribution in [0.25, 0.3) is 5.76 Å². The van der Waals surface area contributed by atoms with E-state index < -0.39 is 23.7 Å². The number of ketones is 1. The quantitative estimate of drug-likeness (QED) is 0.169.